The number of primary amides is 1. The number of aliphatic hydroxyl groups excluding tert-OH is 1. The van der Waals surface area contributed by atoms with Gasteiger partial charge in [0.15, 0.2) is 30.1 Å². The van der Waals surface area contributed by atoms with Gasteiger partial charge < -0.3 is 74.9 Å². The number of allylic oxidation sites excluding steroid dienone is 4. The lowest BCUT2D eigenvalue weighted by Crippen LogP contribution is -2.63. The van der Waals surface area contributed by atoms with Gasteiger partial charge in [-0.2, -0.15) is 0 Å². The zero-order chi connectivity index (χ0) is 73.4. The number of aliphatic hydroxyl groups is 1. The van der Waals surface area contributed by atoms with Crippen molar-refractivity contribution in [2.75, 3.05) is 82.8 Å². The van der Waals surface area contributed by atoms with Crippen LogP contribution in [0.2, 0.25) is 0 Å². The van der Waals surface area contributed by atoms with Crippen LogP contribution in [-0.2, 0) is 91.7 Å². The number of carbonyl (C=O) groups is 9. The van der Waals surface area contributed by atoms with Crippen LogP contribution in [0.5, 0.6) is 0 Å². The van der Waals surface area contributed by atoms with Crippen LogP contribution in [0, 0.1) is 40.4 Å². The maximum absolute atomic E-state index is 14.7. The predicted molar refractivity (Wildman–Crippen MR) is 377 cm³/mol. The number of nitrogens with zero attached hydrogens (tertiary/aromatic N) is 4. The first-order valence-corrected chi connectivity index (χ1v) is 36.0. The molecule has 3 aromatic carbocycles. The number of ether oxygens (including phenoxy) is 8. The molecule has 27 nitrogen and oxygen atoms in total. The SMILES string of the molecule is CCCC1O[C@@H]2C[C@H]3[C@@H]4CCC5=CC(=O)C=C[C@]5(C)[C@H]4[C@@H](O)C[C@]3(C)[C@]2(C(=O)COC(=O)OCc2ccc(NC(=O)[C@H](CCCNC(N)=O)CC(=O)[C@@H](NC(=O)CCOCCOCCOCCOCCNC(=O)CCC(=O)N3Cc4ccccc4-c4c(nnn4C)-c4ccccc43)C(C)C)cc2)O1. The van der Waals surface area contributed by atoms with Gasteiger partial charge in [0.05, 0.1) is 89.0 Å². The van der Waals surface area contributed by atoms with Crippen molar-refractivity contribution in [2.45, 2.75) is 155 Å². The van der Waals surface area contributed by atoms with Crippen LogP contribution in [-0.4, -0.2) is 176 Å². The Morgan fingerprint density at radius 3 is 2.23 bits per heavy atom. The van der Waals surface area contributed by atoms with E-state index in [0.717, 1.165) is 40.8 Å². The minimum absolute atomic E-state index is 0.00828. The average Bonchev–Trinajstić information content (AvgIpc) is 1.49. The number of aromatic nitrogens is 3. The molecule has 1 aromatic heterocycles. The molecule has 103 heavy (non-hydrogen) atoms. The number of rotatable bonds is 36. The number of carbonyl (C=O) groups excluding carboxylic acids is 9. The van der Waals surface area contributed by atoms with Crippen molar-refractivity contribution in [3.8, 4) is 22.5 Å². The summed E-state index contributed by atoms with van der Waals surface area (Å²) in [6.45, 7) is 11.5. The van der Waals surface area contributed by atoms with Crippen molar-refractivity contribution in [3.63, 3.8) is 0 Å². The molecule has 6 aliphatic rings. The number of ketones is 3. The zero-order valence-corrected chi connectivity index (χ0v) is 59.8. The highest BCUT2D eigenvalue weighted by Gasteiger charge is 2.76. The van der Waals surface area contributed by atoms with Crippen LogP contribution in [0.4, 0.5) is 21.0 Å². The molecule has 1 unspecified atom stereocenters. The predicted octanol–water partition coefficient (Wildman–Crippen LogP) is 7.54. The third-order valence-electron chi connectivity index (χ3n) is 21.2. The van der Waals surface area contributed by atoms with Crippen LogP contribution in [0.1, 0.15) is 123 Å². The number of para-hydroxylation sites is 1. The van der Waals surface area contributed by atoms with Crippen molar-refractivity contribution in [2.24, 2.45) is 53.2 Å². The number of aryl methyl sites for hydroxylation is 1. The maximum atomic E-state index is 14.7. The molecular weight excluding hydrogens is 1330 g/mol. The summed E-state index contributed by atoms with van der Waals surface area (Å²) in [7, 11) is 1.85. The highest BCUT2D eigenvalue weighted by atomic mass is 16.8. The topological polar surface area (TPSA) is 356 Å². The maximum Gasteiger partial charge on any atom is 0.509 e. The molecule has 0 radical (unpaired) electrons. The van der Waals surface area contributed by atoms with Gasteiger partial charge in [-0.1, -0.05) is 112 Å². The number of fused-ring (bicyclic) bond motifs is 12. The summed E-state index contributed by atoms with van der Waals surface area (Å²) in [5.74, 6) is -3.62. The summed E-state index contributed by atoms with van der Waals surface area (Å²) < 4.78 is 48.3. The Balaban J connectivity index is 0.588. The van der Waals surface area contributed by atoms with E-state index in [4.69, 9.17) is 43.6 Å². The Morgan fingerprint density at radius 2 is 1.51 bits per heavy atom. The summed E-state index contributed by atoms with van der Waals surface area (Å²) in [5, 5.41) is 31.8. The Kier molecular flexibility index (Phi) is 26.4. The largest absolute Gasteiger partial charge is 0.509 e. The van der Waals surface area contributed by atoms with Crippen molar-refractivity contribution < 1.29 is 86.2 Å². The number of nitrogens with one attached hydrogen (secondary N) is 4. The Morgan fingerprint density at radius 1 is 0.816 bits per heavy atom. The molecule has 0 spiro atoms. The molecule has 2 aliphatic heterocycles. The lowest BCUT2D eigenvalue weighted by Gasteiger charge is -2.59. The fourth-order valence-electron chi connectivity index (χ4n) is 16.2. The first-order valence-electron chi connectivity index (χ1n) is 36.0. The van der Waals surface area contributed by atoms with E-state index >= 15 is 0 Å². The van der Waals surface area contributed by atoms with Crippen LogP contribution < -0.4 is 31.9 Å². The van der Waals surface area contributed by atoms with Gasteiger partial charge >= 0.3 is 12.2 Å². The molecule has 3 saturated carbocycles. The smallest absolute Gasteiger partial charge is 0.429 e. The third-order valence-corrected chi connectivity index (χ3v) is 21.2. The van der Waals surface area contributed by atoms with Crippen molar-refractivity contribution in [3.05, 3.63) is 108 Å². The molecule has 4 fully saturated rings. The molecule has 0 bridgehead atoms. The number of benzene rings is 3. The minimum atomic E-state index is -1.48. The summed E-state index contributed by atoms with van der Waals surface area (Å²) >= 11 is 0. The molecular formula is C76H99N9O18. The first-order chi connectivity index (χ1) is 49.5. The van der Waals surface area contributed by atoms with E-state index in [0.29, 0.717) is 81.3 Å². The lowest BCUT2D eigenvalue weighted by molar-refractivity contribution is -0.200. The van der Waals surface area contributed by atoms with Crippen LogP contribution >= 0.6 is 0 Å². The molecule has 4 aromatic rings. The first kappa shape index (κ1) is 77.1. The van der Waals surface area contributed by atoms with Gasteiger partial charge in [-0.3, -0.25) is 33.6 Å². The number of Topliss-reactive ketones (excluding diaryl/α,β-unsaturated/α-hetero) is 2. The molecule has 10 rings (SSSR count). The van der Waals surface area contributed by atoms with Gasteiger partial charge in [0.1, 0.15) is 12.3 Å². The Labute approximate surface area is 600 Å². The van der Waals surface area contributed by atoms with Crippen LogP contribution in [0.25, 0.3) is 22.5 Å². The number of anilines is 2. The van der Waals surface area contributed by atoms with Crippen LogP contribution in [0.3, 0.4) is 0 Å². The minimum Gasteiger partial charge on any atom is -0.429 e. The highest BCUT2D eigenvalue weighted by Crippen LogP contribution is 2.70. The second-order valence-corrected chi connectivity index (χ2v) is 28.3. The third kappa shape index (κ3) is 18.2. The summed E-state index contributed by atoms with van der Waals surface area (Å²) in [6, 6.07) is 20.3. The van der Waals surface area contributed by atoms with Crippen LogP contribution in [0.15, 0.2) is 96.6 Å². The van der Waals surface area contributed by atoms with Gasteiger partial charge in [-0.25, -0.2) is 14.3 Å². The van der Waals surface area contributed by atoms with E-state index in [-0.39, 0.29) is 132 Å². The quantitative estimate of drug-likeness (QED) is 0.0189. The molecule has 4 aliphatic carbocycles. The molecule has 3 heterocycles. The molecule has 6 amide bonds. The Bertz CT molecular complexity index is 3760. The second-order valence-electron chi connectivity index (χ2n) is 28.3. The van der Waals surface area contributed by atoms with E-state index in [1.165, 1.54) is 0 Å². The number of amides is 6. The van der Waals surface area contributed by atoms with Crippen molar-refractivity contribution in [1.82, 2.24) is 30.9 Å². The second kappa shape index (κ2) is 35.3. The van der Waals surface area contributed by atoms with E-state index < -0.39 is 83.3 Å². The number of urea groups is 1. The van der Waals surface area contributed by atoms with Crippen molar-refractivity contribution in [1.29, 1.82) is 0 Å². The molecule has 556 valence electrons. The molecule has 7 N–H and O–H groups in total. The van der Waals surface area contributed by atoms with E-state index in [2.05, 4.69) is 38.5 Å². The van der Waals surface area contributed by atoms with E-state index in [9.17, 15) is 48.3 Å². The molecule has 1 saturated heterocycles. The monoisotopic (exact) mass is 1430 g/mol. The van der Waals surface area contributed by atoms with Gasteiger partial charge in [-0.15, -0.1) is 5.10 Å². The highest BCUT2D eigenvalue weighted by molar-refractivity contribution is 6.02. The van der Waals surface area contributed by atoms with Gasteiger partial charge in [0.25, 0.3) is 0 Å². The number of nitrogens with two attached hydrogens (primary N) is 1. The summed E-state index contributed by atoms with van der Waals surface area (Å²) in [4.78, 5) is 121. The number of hydrogen-bond acceptors (Lipinski definition) is 20. The standard InChI is InChI=1S/C76H99N9O18/c1-7-13-66-102-62-42-57-55-24-21-51-41-53(86)27-29-74(51,4)67(55)60(88)43-75(57,5)76(62,103-66)61(89)46-101-73(95)100-45-48-19-22-52(23-20-48)80-71(93)49(15-12-30-79-72(77)94)40-59(87)68(47(2)3)81-64(91)28-32-96-34-36-98-38-39-99-37-35-97-33-31-78-63(90)25-26-65(92)85-44-50-14-8-9-16-54(50)70-69(82-83-84(70)6)56-17-10-11-18-58(56)85/h8-11,14,16-20,22-23,27,29,41,47,49,55,57,60,62,66-68,88H,7,12-13,15,21,24-26,28,30-40,42-46H2,1-6H3,(H,78,90)(H,80,93)(H,81,91)(H3,77,79,94)/t49-,55+,57+,60+,62-,66?,67-,68+,74+,75+,76-/m1/s1. The summed E-state index contributed by atoms with van der Waals surface area (Å²) in [6.07, 6.45) is 5.88. The average molecular weight is 1430 g/mol. The fraction of sp³-hybridized carbons (Fsp3) is 0.566. The molecule has 27 heteroatoms. The fourth-order valence-corrected chi connectivity index (χ4v) is 16.2. The Hall–Kier alpha value is -8.57. The van der Waals surface area contributed by atoms with Crippen molar-refractivity contribution >= 4 is 64.5 Å². The normalized spacial score (nSPS) is 24.1. The molecule has 11 atom stereocenters. The summed E-state index contributed by atoms with van der Waals surface area (Å²) in [5.41, 5.74) is 9.30. The van der Waals surface area contributed by atoms with Gasteiger partial charge in [-0.05, 0) is 104 Å². The van der Waals surface area contributed by atoms with Gasteiger partial charge in [0, 0.05) is 85.3 Å². The van der Waals surface area contributed by atoms with E-state index in [1.54, 1.807) is 59.8 Å². The van der Waals surface area contributed by atoms with E-state index in [1.807, 2.05) is 75.5 Å². The lowest BCUT2D eigenvalue weighted by atomic mass is 9.46. The number of hydrogen-bond donors (Lipinski definition) is 6. The zero-order valence-electron chi connectivity index (χ0n) is 59.8. The van der Waals surface area contributed by atoms with Gasteiger partial charge in [0.2, 0.25) is 29.4 Å².